The van der Waals surface area contributed by atoms with Crippen molar-refractivity contribution in [3.05, 3.63) is 28.4 Å². The van der Waals surface area contributed by atoms with Crippen LogP contribution in [0.15, 0.2) is 0 Å². The second-order valence-corrected chi connectivity index (χ2v) is 9.13. The third-order valence-corrected chi connectivity index (χ3v) is 5.12. The first-order valence-electron chi connectivity index (χ1n) is 13.9. The largest absolute Gasteiger partial charge is 0.553 e. The minimum absolute atomic E-state index is 0. The molecule has 0 amide bonds. The Labute approximate surface area is 252 Å². The molecule has 0 aromatic carbocycles. The molecule has 6 N–H and O–H groups in total. The van der Waals surface area contributed by atoms with Crippen molar-refractivity contribution >= 4 is 0 Å². The van der Waals surface area contributed by atoms with Crippen LogP contribution in [0.3, 0.4) is 0 Å². The predicted molar refractivity (Wildman–Crippen MR) is 154 cm³/mol. The fourth-order valence-corrected chi connectivity index (χ4v) is 2.82. The summed E-state index contributed by atoms with van der Waals surface area (Å²) in [6.07, 6.45) is 0.472. The third kappa shape index (κ3) is 41.6. The maximum absolute atomic E-state index is 9.47. The fraction of sp³-hybridized carbons (Fsp3) is 0.857. The van der Waals surface area contributed by atoms with Gasteiger partial charge in [0.25, 0.3) is 0 Å². The molecule has 0 fully saturated rings. The second-order valence-electron chi connectivity index (χ2n) is 9.13. The van der Waals surface area contributed by atoms with Gasteiger partial charge in [0.15, 0.2) is 0 Å². The molecule has 0 aromatic heterocycles. The van der Waals surface area contributed by atoms with E-state index < -0.39 is 24.4 Å². The molecule has 262 valence electrons. The van der Waals surface area contributed by atoms with E-state index in [9.17, 15) is 10.2 Å². The molecule has 0 rings (SSSR count). The zero-order valence-corrected chi connectivity index (χ0v) is 39.8. The summed E-state index contributed by atoms with van der Waals surface area (Å²) in [5, 5.41) is 53.3. The molecule has 0 saturated heterocycles. The van der Waals surface area contributed by atoms with E-state index in [2.05, 4.69) is 47.4 Å². The van der Waals surface area contributed by atoms with E-state index in [-0.39, 0.29) is 78.3 Å². The molecule has 0 radical (unpaired) electrons. The van der Waals surface area contributed by atoms with Crippen molar-refractivity contribution in [2.45, 2.75) is 76.2 Å². The summed E-state index contributed by atoms with van der Waals surface area (Å²) in [7, 11) is 12.6. The van der Waals surface area contributed by atoms with Crippen molar-refractivity contribution in [1.29, 1.82) is 0 Å². The molecule has 0 saturated carbocycles. The Morgan fingerprint density at radius 3 is 1.05 bits per heavy atom. The van der Waals surface area contributed by atoms with Gasteiger partial charge >= 0.3 is 0 Å². The number of aliphatic hydroxyl groups excluding tert-OH is 6. The molecule has 0 heterocycles. The van der Waals surface area contributed by atoms with Crippen LogP contribution in [0.2, 0.25) is 0 Å². The summed E-state index contributed by atoms with van der Waals surface area (Å²) in [6, 6.07) is 0. The normalized spacial score (nSPS) is 14.7. The van der Waals surface area contributed by atoms with E-state index in [1.54, 1.807) is 0 Å². The average molecular weight is 1150 g/mol. The van der Waals surface area contributed by atoms with Crippen molar-refractivity contribution in [2.75, 3.05) is 79.3 Å². The standard InChI is InChI=1S/C16H32O6.2C6H13O4.2Rf/c1-13(21-9-5-7-15(17)11-19-3)14(2)22-10-6-8-16(18)12-20-4;2*1-9-4-6(8)5-10-3-2-7;;/h13-18H,3-12H2,1-2H3;2*6-8H,1-5H2;;/q-2;2*-1;;. The maximum Gasteiger partial charge on any atom is 0.0976 e. The van der Waals surface area contributed by atoms with E-state index >= 15 is 0 Å². The molecule has 0 bridgehead atoms. The Bertz CT molecular complexity index is 461. The first-order valence-corrected chi connectivity index (χ1v) is 13.9. The molecule has 0 aliphatic heterocycles. The summed E-state index contributed by atoms with van der Waals surface area (Å²) in [4.78, 5) is 0. The minimum atomic E-state index is -0.649. The third-order valence-electron chi connectivity index (χ3n) is 5.12. The van der Waals surface area contributed by atoms with Gasteiger partial charge in [-0.1, -0.05) is 0 Å². The molecule has 14 nitrogen and oxygen atoms in total. The van der Waals surface area contributed by atoms with Gasteiger partial charge in [0, 0.05) is 39.6 Å². The van der Waals surface area contributed by atoms with Gasteiger partial charge < -0.3 is 68.5 Å². The van der Waals surface area contributed by atoms with Crippen LogP contribution >= 0.6 is 0 Å². The molecule has 0 aliphatic rings. The Kier molecular flexibility index (Phi) is 46.9. The molecule has 6 unspecified atom stereocenters. The van der Waals surface area contributed by atoms with Gasteiger partial charge in [0.2, 0.25) is 0 Å². The summed E-state index contributed by atoms with van der Waals surface area (Å²) in [5.74, 6) is 0. The van der Waals surface area contributed by atoms with E-state index in [0.717, 1.165) is 12.8 Å². The zero-order valence-electron chi connectivity index (χ0n) is 27.0. The van der Waals surface area contributed by atoms with Gasteiger partial charge in [-0.3, -0.25) is 0 Å². The minimum Gasteiger partial charge on any atom is -0.553 e. The van der Waals surface area contributed by atoms with Gasteiger partial charge in [-0.15, -0.1) is 0 Å². The van der Waals surface area contributed by atoms with Crippen LogP contribution in [0.25, 0.3) is 0 Å². The topological polar surface area (TPSA) is 195 Å². The molecule has 6 atom stereocenters. The predicted octanol–water partition coefficient (Wildman–Crippen LogP) is 0.0240. The Morgan fingerprint density at radius 1 is 0.477 bits per heavy atom. The first-order chi connectivity index (χ1) is 20.1. The summed E-state index contributed by atoms with van der Waals surface area (Å²) in [5.41, 5.74) is 0. The van der Waals surface area contributed by atoms with Crippen LogP contribution in [0.1, 0.15) is 39.5 Å². The van der Waals surface area contributed by atoms with Crippen molar-refractivity contribution in [3.63, 3.8) is 0 Å². The van der Waals surface area contributed by atoms with Gasteiger partial charge in [0.1, 0.15) is 0 Å². The van der Waals surface area contributed by atoms with Crippen LogP contribution in [-0.2, 0) is 37.9 Å². The second kappa shape index (κ2) is 40.4. The monoisotopic (exact) mass is 1150 g/mol. The fourth-order valence-electron chi connectivity index (χ4n) is 2.82. The number of aliphatic hydroxyl groups is 6. The molecule has 0 aliphatic carbocycles. The van der Waals surface area contributed by atoms with Gasteiger partial charge in [0.05, 0.1) is 76.3 Å². The number of ether oxygens (including phenoxy) is 8. The number of hydrogen-bond acceptors (Lipinski definition) is 14. The van der Waals surface area contributed by atoms with Gasteiger partial charge in [-0.05, 0) is 39.5 Å². The van der Waals surface area contributed by atoms with Crippen LogP contribution in [0, 0.1) is 28.4 Å². The van der Waals surface area contributed by atoms with Crippen LogP contribution < -0.4 is 0 Å². The molecule has 0 aromatic rings. The Hall–Kier alpha value is -2.56. The summed E-state index contributed by atoms with van der Waals surface area (Å²) >= 11 is 0. The van der Waals surface area contributed by atoms with Crippen LogP contribution in [-0.4, -0.2) is 147 Å². The van der Waals surface area contributed by atoms with Crippen molar-refractivity contribution in [3.8, 4) is 0 Å². The van der Waals surface area contributed by atoms with Crippen LogP contribution in [0.4, 0.5) is 0 Å². The van der Waals surface area contributed by atoms with Crippen molar-refractivity contribution < 1.29 is 68.5 Å². The van der Waals surface area contributed by atoms with Crippen molar-refractivity contribution in [2.24, 2.45) is 0 Å². The molecule has 0 spiro atoms. The molecule has 44 heavy (non-hydrogen) atoms. The average Bonchev–Trinajstić information content (AvgIpc) is 2.95. The quantitative estimate of drug-likeness (QED) is 0.0477. The summed E-state index contributed by atoms with van der Waals surface area (Å²) in [6.45, 7) is 6.67. The van der Waals surface area contributed by atoms with Gasteiger partial charge in [-0.25, -0.2) is 28.4 Å². The van der Waals surface area contributed by atoms with Crippen LogP contribution in [0.5, 0.6) is 0 Å². The van der Waals surface area contributed by atoms with E-state index in [1.165, 1.54) is 0 Å². The molecule has 16 heteroatoms. The molecular weight excluding hydrogens is 1090 g/mol. The Balaban J connectivity index is -0.000000193. The molecular formula is C28H58O14Rf2-4. The number of hydrogen-bond donors (Lipinski definition) is 6. The Morgan fingerprint density at radius 2 is 0.773 bits per heavy atom. The van der Waals surface area contributed by atoms with E-state index in [0.29, 0.717) is 26.1 Å². The van der Waals surface area contributed by atoms with Crippen molar-refractivity contribution in [1.82, 2.24) is 0 Å². The SMILES string of the molecule is [CH2-]OCC(O)CCCOC(C)C(C)OCCCC(O)CO[CH2-].[CH2-]OCC(O)COCCO.[CH2-]OCC(O)COCCO.[Rf].[Rf]. The zero-order chi connectivity index (χ0) is 32.4. The smallest absolute Gasteiger partial charge is 0.0976 e. The van der Waals surface area contributed by atoms with E-state index in [4.69, 9.17) is 39.4 Å². The van der Waals surface area contributed by atoms with E-state index in [1.807, 2.05) is 13.8 Å². The first kappa shape index (κ1) is 51.0. The maximum atomic E-state index is 9.47. The number of rotatable bonds is 27. The summed E-state index contributed by atoms with van der Waals surface area (Å²) < 4.78 is 39.0. The van der Waals surface area contributed by atoms with Gasteiger partial charge in [-0.2, -0.15) is 0 Å².